The van der Waals surface area contributed by atoms with Gasteiger partial charge < -0.3 is 14.7 Å². The summed E-state index contributed by atoms with van der Waals surface area (Å²) in [4.78, 5) is 18.6. The number of carbonyl (C=O) groups is 1. The molecular formula is C24H25ClN2O3. The van der Waals surface area contributed by atoms with Crippen LogP contribution in [0.1, 0.15) is 44.6 Å². The first kappa shape index (κ1) is 20.5. The molecule has 4 rings (SSSR count). The van der Waals surface area contributed by atoms with Crippen LogP contribution in [0.5, 0.6) is 5.75 Å². The molecule has 1 aliphatic rings. The van der Waals surface area contributed by atoms with Gasteiger partial charge in [-0.15, -0.1) is 0 Å². The summed E-state index contributed by atoms with van der Waals surface area (Å²) in [6.45, 7) is 5.92. The number of carboxylic acid groups (broad SMARTS) is 1. The summed E-state index contributed by atoms with van der Waals surface area (Å²) >= 11 is 6.31. The van der Waals surface area contributed by atoms with E-state index in [4.69, 9.17) is 21.3 Å². The van der Waals surface area contributed by atoms with Gasteiger partial charge in [-0.3, -0.25) is 0 Å². The summed E-state index contributed by atoms with van der Waals surface area (Å²) in [7, 11) is 0. The number of piperidine rings is 1. The second-order valence-electron chi connectivity index (χ2n) is 8.00. The van der Waals surface area contributed by atoms with Gasteiger partial charge in [0.1, 0.15) is 0 Å². The number of fused-ring (bicyclic) bond motifs is 1. The molecule has 3 aromatic rings. The van der Waals surface area contributed by atoms with Crippen LogP contribution in [0.4, 0.5) is 10.6 Å². The van der Waals surface area contributed by atoms with E-state index >= 15 is 0 Å². The fourth-order valence-electron chi connectivity index (χ4n) is 4.05. The van der Waals surface area contributed by atoms with Gasteiger partial charge in [0, 0.05) is 29.1 Å². The average molecular weight is 425 g/mol. The molecule has 1 aliphatic heterocycles. The van der Waals surface area contributed by atoms with Crippen LogP contribution in [0.2, 0.25) is 5.02 Å². The predicted molar refractivity (Wildman–Crippen MR) is 121 cm³/mol. The van der Waals surface area contributed by atoms with Crippen LogP contribution in [0.25, 0.3) is 22.0 Å². The molecule has 6 heteroatoms. The zero-order chi connectivity index (χ0) is 21.3. The highest BCUT2D eigenvalue weighted by molar-refractivity contribution is 6.31. The van der Waals surface area contributed by atoms with E-state index in [1.54, 1.807) is 0 Å². The first-order chi connectivity index (χ1) is 14.4. The number of rotatable bonds is 4. The molecule has 0 bridgehead atoms. The third-order valence-electron chi connectivity index (χ3n) is 5.57. The van der Waals surface area contributed by atoms with Crippen molar-refractivity contribution in [1.82, 2.24) is 4.98 Å². The van der Waals surface area contributed by atoms with Gasteiger partial charge in [0.15, 0.2) is 11.6 Å². The molecule has 1 fully saturated rings. The van der Waals surface area contributed by atoms with Crippen molar-refractivity contribution in [3.8, 4) is 16.9 Å². The maximum absolute atomic E-state index is 11.7. The minimum Gasteiger partial charge on any atom is -0.449 e. The van der Waals surface area contributed by atoms with Gasteiger partial charge in [-0.1, -0.05) is 49.7 Å². The van der Waals surface area contributed by atoms with Crippen LogP contribution in [0.3, 0.4) is 0 Å². The first-order valence-electron chi connectivity index (χ1n) is 10.3. The van der Waals surface area contributed by atoms with Crippen molar-refractivity contribution in [3.05, 3.63) is 53.1 Å². The Hall–Kier alpha value is -2.79. The largest absolute Gasteiger partial charge is 0.511 e. The molecule has 30 heavy (non-hydrogen) atoms. The molecule has 0 unspecified atom stereocenters. The van der Waals surface area contributed by atoms with Crippen molar-refractivity contribution in [2.24, 2.45) is 0 Å². The van der Waals surface area contributed by atoms with Crippen LogP contribution in [0.15, 0.2) is 42.5 Å². The van der Waals surface area contributed by atoms with Gasteiger partial charge >= 0.3 is 6.16 Å². The predicted octanol–water partition coefficient (Wildman–Crippen LogP) is 6.73. The molecule has 156 valence electrons. The Bertz CT molecular complexity index is 1090. The zero-order valence-corrected chi connectivity index (χ0v) is 17.9. The molecule has 0 radical (unpaired) electrons. The van der Waals surface area contributed by atoms with Crippen molar-refractivity contribution < 1.29 is 14.6 Å². The molecule has 5 nitrogen and oxygen atoms in total. The number of benzene rings is 2. The lowest BCUT2D eigenvalue weighted by Gasteiger charge is -2.30. The minimum atomic E-state index is -1.35. The summed E-state index contributed by atoms with van der Waals surface area (Å²) in [6, 6.07) is 13.7. The Kier molecular flexibility index (Phi) is 5.82. The summed E-state index contributed by atoms with van der Waals surface area (Å²) in [6.07, 6.45) is 1.91. The number of aromatic nitrogens is 1. The number of halogens is 1. The average Bonchev–Trinajstić information content (AvgIpc) is 2.73. The van der Waals surface area contributed by atoms with Crippen LogP contribution < -0.4 is 9.64 Å². The van der Waals surface area contributed by atoms with Crippen molar-refractivity contribution in [3.63, 3.8) is 0 Å². The van der Waals surface area contributed by atoms with E-state index in [0.29, 0.717) is 22.3 Å². The fraction of sp³-hybridized carbons (Fsp3) is 0.333. The first-order valence-corrected chi connectivity index (χ1v) is 10.7. The quantitative estimate of drug-likeness (QED) is 0.470. The Labute approximate surface area is 181 Å². The molecule has 2 aromatic carbocycles. The highest BCUT2D eigenvalue weighted by atomic mass is 35.5. The maximum Gasteiger partial charge on any atom is 0.511 e. The Balaban J connectivity index is 2.04. The van der Waals surface area contributed by atoms with Crippen LogP contribution in [-0.4, -0.2) is 29.3 Å². The summed E-state index contributed by atoms with van der Waals surface area (Å²) in [5.74, 6) is 1.20. The highest BCUT2D eigenvalue weighted by Gasteiger charge is 2.25. The van der Waals surface area contributed by atoms with E-state index in [1.165, 1.54) is 5.56 Å². The third kappa shape index (κ3) is 4.08. The molecule has 0 amide bonds. The molecular weight excluding hydrogens is 400 g/mol. The number of nitrogens with zero attached hydrogens (tertiary/aromatic N) is 2. The van der Waals surface area contributed by atoms with E-state index in [2.05, 4.69) is 30.9 Å². The summed E-state index contributed by atoms with van der Waals surface area (Å²) in [5, 5.41) is 10.9. The lowest BCUT2D eigenvalue weighted by Crippen LogP contribution is -2.31. The smallest absolute Gasteiger partial charge is 0.449 e. The normalized spacial score (nSPS) is 14.3. The zero-order valence-electron chi connectivity index (χ0n) is 17.2. The van der Waals surface area contributed by atoms with Gasteiger partial charge in [-0.25, -0.2) is 9.78 Å². The number of anilines is 1. The molecule has 2 heterocycles. The number of hydrogen-bond donors (Lipinski definition) is 1. The van der Waals surface area contributed by atoms with Gasteiger partial charge in [0.25, 0.3) is 0 Å². The molecule has 0 aliphatic carbocycles. The molecule has 1 N–H and O–H groups in total. The van der Waals surface area contributed by atoms with Gasteiger partial charge in [0.2, 0.25) is 0 Å². The van der Waals surface area contributed by atoms with E-state index in [-0.39, 0.29) is 5.75 Å². The van der Waals surface area contributed by atoms with E-state index in [1.807, 2.05) is 30.3 Å². The lowest BCUT2D eigenvalue weighted by molar-refractivity contribution is 0.144. The van der Waals surface area contributed by atoms with Crippen molar-refractivity contribution in [2.45, 2.75) is 39.0 Å². The fourth-order valence-corrected chi connectivity index (χ4v) is 4.22. The van der Waals surface area contributed by atoms with Gasteiger partial charge in [-0.05, 0) is 54.5 Å². The molecule has 0 spiro atoms. The number of hydrogen-bond acceptors (Lipinski definition) is 4. The molecule has 1 aromatic heterocycles. The maximum atomic E-state index is 11.7. The van der Waals surface area contributed by atoms with Gasteiger partial charge in [0.05, 0.1) is 5.52 Å². The van der Waals surface area contributed by atoms with Crippen LogP contribution >= 0.6 is 11.6 Å². The van der Waals surface area contributed by atoms with Crippen LogP contribution in [-0.2, 0) is 0 Å². The van der Waals surface area contributed by atoms with Crippen molar-refractivity contribution >= 4 is 34.5 Å². The molecule has 0 saturated carbocycles. The molecule has 0 atom stereocenters. The van der Waals surface area contributed by atoms with Crippen molar-refractivity contribution in [1.29, 1.82) is 0 Å². The Morgan fingerprint density at radius 3 is 2.60 bits per heavy atom. The van der Waals surface area contributed by atoms with Crippen molar-refractivity contribution in [2.75, 3.05) is 18.0 Å². The third-order valence-corrected chi connectivity index (χ3v) is 5.81. The van der Waals surface area contributed by atoms with Crippen LogP contribution in [0, 0.1) is 0 Å². The Morgan fingerprint density at radius 1 is 1.13 bits per heavy atom. The monoisotopic (exact) mass is 424 g/mol. The lowest BCUT2D eigenvalue weighted by atomic mass is 9.94. The number of pyridine rings is 1. The standard InChI is InChI=1S/C24H25ClN2O3/c1-15(2)16-7-6-8-17(13-16)21-19-14-18(25)9-10-20(19)26-23(22(21)30-24(28)29)27-11-4-3-5-12-27/h6-10,13-15H,3-5,11-12H2,1-2H3,(H,28,29). The van der Waals surface area contributed by atoms with E-state index < -0.39 is 6.16 Å². The molecule has 1 saturated heterocycles. The number of ether oxygens (including phenoxy) is 1. The summed E-state index contributed by atoms with van der Waals surface area (Å²) in [5.41, 5.74) is 3.54. The van der Waals surface area contributed by atoms with Gasteiger partial charge in [-0.2, -0.15) is 0 Å². The second-order valence-corrected chi connectivity index (χ2v) is 8.43. The minimum absolute atomic E-state index is 0.278. The Morgan fingerprint density at radius 2 is 1.90 bits per heavy atom. The van der Waals surface area contributed by atoms with E-state index in [0.717, 1.165) is 48.8 Å². The van der Waals surface area contributed by atoms with E-state index in [9.17, 15) is 9.90 Å². The second kappa shape index (κ2) is 8.52. The highest BCUT2D eigenvalue weighted by Crippen LogP contribution is 2.44. The summed E-state index contributed by atoms with van der Waals surface area (Å²) < 4.78 is 5.40. The topological polar surface area (TPSA) is 62.7 Å². The SMILES string of the molecule is CC(C)c1cccc(-c2c(OC(=O)O)c(N3CCCCC3)nc3ccc(Cl)cc23)c1.